The highest BCUT2D eigenvalue weighted by atomic mass is 16.6. The maximum absolute atomic E-state index is 12.7. The van der Waals surface area contributed by atoms with Crippen LogP contribution in [-0.4, -0.2) is 38.7 Å². The molecule has 37 heavy (non-hydrogen) atoms. The normalized spacial score (nSPS) is 11.1. The zero-order valence-corrected chi connectivity index (χ0v) is 21.0. The molecule has 0 radical (unpaired) electrons. The third-order valence-corrected chi connectivity index (χ3v) is 4.68. The molecule has 0 heterocycles. The van der Waals surface area contributed by atoms with E-state index in [-0.39, 0.29) is 35.3 Å². The average molecular weight is 502 g/mol. The highest BCUT2D eigenvalue weighted by Gasteiger charge is 2.17. The lowest BCUT2D eigenvalue weighted by Gasteiger charge is -2.14. The summed E-state index contributed by atoms with van der Waals surface area (Å²) < 4.78 is 21.7. The third-order valence-electron chi connectivity index (χ3n) is 4.68. The number of ether oxygens (including phenoxy) is 4. The molecule has 0 atom stereocenters. The van der Waals surface area contributed by atoms with Crippen molar-refractivity contribution in [2.75, 3.05) is 20.8 Å². The number of benzene rings is 2. The van der Waals surface area contributed by atoms with Crippen LogP contribution in [0, 0.1) is 22.7 Å². The molecular formula is C28H27N3O6. The predicted molar refractivity (Wildman–Crippen MR) is 138 cm³/mol. The quantitative estimate of drug-likeness (QED) is 0.159. The van der Waals surface area contributed by atoms with Crippen LogP contribution in [0.5, 0.6) is 23.0 Å². The van der Waals surface area contributed by atoms with E-state index in [2.05, 4.69) is 11.9 Å². The SMILES string of the molecule is C=CCNC(=O)/C(C#N)=C/c1ccc(OC(=O)/C(C#N)=C/c2ccc(OC(C)C)c(OC)c2)c(OC)c1. The molecule has 0 unspecified atom stereocenters. The fourth-order valence-electron chi connectivity index (χ4n) is 3.02. The molecule has 2 aromatic rings. The predicted octanol–water partition coefficient (Wildman–Crippen LogP) is 4.21. The zero-order chi connectivity index (χ0) is 27.4. The first-order chi connectivity index (χ1) is 17.8. The Hall–Kier alpha value is -5.02. The van der Waals surface area contributed by atoms with E-state index in [1.165, 1.54) is 50.6 Å². The summed E-state index contributed by atoms with van der Waals surface area (Å²) in [7, 11) is 2.87. The Bertz CT molecular complexity index is 1310. The molecule has 0 saturated carbocycles. The van der Waals surface area contributed by atoms with Gasteiger partial charge in [-0.25, -0.2) is 4.79 Å². The number of hydrogen-bond acceptors (Lipinski definition) is 8. The molecule has 0 saturated heterocycles. The number of amides is 1. The maximum Gasteiger partial charge on any atom is 0.354 e. The lowest BCUT2D eigenvalue weighted by atomic mass is 10.1. The van der Waals surface area contributed by atoms with Gasteiger partial charge in [0.1, 0.15) is 23.3 Å². The summed E-state index contributed by atoms with van der Waals surface area (Å²) in [5, 5.41) is 21.4. The van der Waals surface area contributed by atoms with Crippen molar-refractivity contribution < 1.29 is 28.5 Å². The van der Waals surface area contributed by atoms with Crippen LogP contribution in [0.25, 0.3) is 12.2 Å². The molecule has 2 aromatic carbocycles. The van der Waals surface area contributed by atoms with Gasteiger partial charge < -0.3 is 24.3 Å². The van der Waals surface area contributed by atoms with E-state index >= 15 is 0 Å². The Morgan fingerprint density at radius 3 is 1.97 bits per heavy atom. The van der Waals surface area contributed by atoms with Crippen molar-refractivity contribution in [3.05, 3.63) is 71.3 Å². The summed E-state index contributed by atoms with van der Waals surface area (Å²) >= 11 is 0. The second-order valence-electron chi connectivity index (χ2n) is 7.72. The molecule has 0 fully saturated rings. The second kappa shape index (κ2) is 13.8. The van der Waals surface area contributed by atoms with Gasteiger partial charge in [0, 0.05) is 6.54 Å². The van der Waals surface area contributed by atoms with E-state index in [1.807, 2.05) is 26.0 Å². The number of carbonyl (C=O) groups is 2. The molecule has 0 bridgehead atoms. The van der Waals surface area contributed by atoms with Crippen molar-refractivity contribution in [3.63, 3.8) is 0 Å². The fourth-order valence-corrected chi connectivity index (χ4v) is 3.02. The van der Waals surface area contributed by atoms with E-state index < -0.39 is 11.9 Å². The van der Waals surface area contributed by atoms with Gasteiger partial charge in [0.25, 0.3) is 5.91 Å². The summed E-state index contributed by atoms with van der Waals surface area (Å²) in [5.41, 5.74) is 0.626. The number of nitriles is 2. The highest BCUT2D eigenvalue weighted by molar-refractivity contribution is 6.02. The van der Waals surface area contributed by atoms with Gasteiger partial charge in [-0.3, -0.25) is 4.79 Å². The van der Waals surface area contributed by atoms with Crippen LogP contribution >= 0.6 is 0 Å². The van der Waals surface area contributed by atoms with Gasteiger partial charge in [-0.1, -0.05) is 18.2 Å². The Kier molecular flexibility index (Phi) is 10.5. The van der Waals surface area contributed by atoms with Crippen LogP contribution < -0.4 is 24.3 Å². The molecule has 0 aliphatic carbocycles. The van der Waals surface area contributed by atoms with Gasteiger partial charge >= 0.3 is 5.97 Å². The van der Waals surface area contributed by atoms with Crippen molar-refractivity contribution in [1.82, 2.24) is 5.32 Å². The second-order valence-corrected chi connectivity index (χ2v) is 7.72. The van der Waals surface area contributed by atoms with E-state index in [0.29, 0.717) is 22.6 Å². The number of methoxy groups -OCH3 is 2. The van der Waals surface area contributed by atoms with Gasteiger partial charge in [-0.2, -0.15) is 10.5 Å². The van der Waals surface area contributed by atoms with Crippen LogP contribution in [-0.2, 0) is 9.59 Å². The zero-order valence-electron chi connectivity index (χ0n) is 21.0. The first-order valence-corrected chi connectivity index (χ1v) is 11.1. The standard InChI is InChI=1S/C28H27N3O6/c1-6-11-31-27(32)21(16-29)12-19-8-10-24(26(14-19)35-5)37-28(33)22(17-30)13-20-7-9-23(36-18(2)3)25(15-20)34-4/h6-10,12-15,18H,1,11H2,2-5H3,(H,31,32)/b21-12+,22-13+. The third kappa shape index (κ3) is 8.01. The average Bonchev–Trinajstić information content (AvgIpc) is 2.89. The Morgan fingerprint density at radius 2 is 1.46 bits per heavy atom. The molecule has 9 nitrogen and oxygen atoms in total. The Labute approximate surface area is 215 Å². The largest absolute Gasteiger partial charge is 0.493 e. The monoisotopic (exact) mass is 501 g/mol. The van der Waals surface area contributed by atoms with Gasteiger partial charge in [-0.15, -0.1) is 6.58 Å². The van der Waals surface area contributed by atoms with Crippen LogP contribution in [0.1, 0.15) is 25.0 Å². The first kappa shape index (κ1) is 28.2. The maximum atomic E-state index is 12.7. The summed E-state index contributed by atoms with van der Waals surface area (Å²) in [5.74, 6) is -0.243. The first-order valence-electron chi connectivity index (χ1n) is 11.1. The number of nitrogens with zero attached hydrogens (tertiary/aromatic N) is 2. The van der Waals surface area contributed by atoms with Crippen LogP contribution in [0.4, 0.5) is 0 Å². The number of nitrogens with one attached hydrogen (secondary N) is 1. The molecule has 1 amide bonds. The smallest absolute Gasteiger partial charge is 0.354 e. The van der Waals surface area contributed by atoms with Crippen molar-refractivity contribution in [2.45, 2.75) is 20.0 Å². The molecule has 0 aliphatic heterocycles. The minimum atomic E-state index is -0.896. The van der Waals surface area contributed by atoms with Crippen LogP contribution in [0.2, 0.25) is 0 Å². The molecule has 0 spiro atoms. The van der Waals surface area contributed by atoms with E-state index in [1.54, 1.807) is 18.2 Å². The van der Waals surface area contributed by atoms with Crippen molar-refractivity contribution in [3.8, 4) is 35.1 Å². The van der Waals surface area contributed by atoms with Gasteiger partial charge in [-0.05, 0) is 61.4 Å². The van der Waals surface area contributed by atoms with Gasteiger partial charge in [0.2, 0.25) is 0 Å². The summed E-state index contributed by atoms with van der Waals surface area (Å²) in [6.45, 7) is 7.50. The number of rotatable bonds is 11. The van der Waals surface area contributed by atoms with Crippen LogP contribution in [0.15, 0.2) is 60.2 Å². The molecule has 9 heteroatoms. The van der Waals surface area contributed by atoms with Crippen LogP contribution in [0.3, 0.4) is 0 Å². The lowest BCUT2D eigenvalue weighted by Crippen LogP contribution is -2.24. The Morgan fingerprint density at radius 1 is 0.919 bits per heavy atom. The molecule has 0 aromatic heterocycles. The fraction of sp³-hybridized carbons (Fsp3) is 0.214. The van der Waals surface area contributed by atoms with Crippen molar-refractivity contribution in [1.29, 1.82) is 10.5 Å². The molecule has 2 rings (SSSR count). The summed E-state index contributed by atoms with van der Waals surface area (Å²) in [6, 6.07) is 13.2. The number of carbonyl (C=O) groups excluding carboxylic acids is 2. The molecular weight excluding hydrogens is 474 g/mol. The van der Waals surface area contributed by atoms with E-state index in [0.717, 1.165) is 0 Å². The minimum absolute atomic E-state index is 0.0543. The molecule has 1 N–H and O–H groups in total. The topological polar surface area (TPSA) is 131 Å². The molecule has 0 aliphatic rings. The Balaban J connectivity index is 2.29. The van der Waals surface area contributed by atoms with Gasteiger partial charge in [0.15, 0.2) is 23.0 Å². The number of hydrogen-bond donors (Lipinski definition) is 1. The summed E-state index contributed by atoms with van der Waals surface area (Å²) in [4.78, 5) is 24.8. The lowest BCUT2D eigenvalue weighted by molar-refractivity contribution is -0.129. The highest BCUT2D eigenvalue weighted by Crippen LogP contribution is 2.31. The van der Waals surface area contributed by atoms with Crippen molar-refractivity contribution >= 4 is 24.0 Å². The molecule has 190 valence electrons. The summed E-state index contributed by atoms with van der Waals surface area (Å²) in [6.07, 6.45) is 4.18. The minimum Gasteiger partial charge on any atom is -0.493 e. The van der Waals surface area contributed by atoms with E-state index in [4.69, 9.17) is 18.9 Å². The van der Waals surface area contributed by atoms with Gasteiger partial charge in [0.05, 0.1) is 20.3 Å². The van der Waals surface area contributed by atoms with Crippen molar-refractivity contribution in [2.24, 2.45) is 0 Å². The van der Waals surface area contributed by atoms with E-state index in [9.17, 15) is 20.1 Å². The number of esters is 1.